The summed E-state index contributed by atoms with van der Waals surface area (Å²) in [5.41, 5.74) is 5.95. The number of nitrogens with zero attached hydrogens (tertiary/aromatic N) is 2. The average molecular weight is 508 g/mol. The highest BCUT2D eigenvalue weighted by Crippen LogP contribution is 2.45. The number of benzene rings is 3. The average Bonchev–Trinajstić information content (AvgIpc) is 3.57. The van der Waals surface area contributed by atoms with E-state index in [4.69, 9.17) is 9.47 Å². The topological polar surface area (TPSA) is 74.9 Å². The maximum Gasteiger partial charge on any atom is 0.250 e. The van der Waals surface area contributed by atoms with Gasteiger partial charge in [-0.2, -0.15) is 0 Å². The van der Waals surface area contributed by atoms with E-state index in [1.165, 1.54) is 5.56 Å². The molecule has 0 aliphatic carbocycles. The van der Waals surface area contributed by atoms with Crippen LogP contribution in [0.3, 0.4) is 0 Å². The summed E-state index contributed by atoms with van der Waals surface area (Å²) in [6.07, 6.45) is 3.75. The third-order valence-electron chi connectivity index (χ3n) is 8.04. The number of hydrogen-bond acceptors (Lipinski definition) is 4. The first-order valence-corrected chi connectivity index (χ1v) is 13.3. The zero-order valence-corrected chi connectivity index (χ0v) is 21.3. The van der Waals surface area contributed by atoms with Gasteiger partial charge in [-0.1, -0.05) is 49.7 Å². The fourth-order valence-electron chi connectivity index (χ4n) is 6.14. The highest BCUT2D eigenvalue weighted by molar-refractivity contribution is 6.07. The number of rotatable bonds is 5. The molecule has 7 nitrogen and oxygen atoms in total. The first-order chi connectivity index (χ1) is 18.6. The number of para-hydroxylation sites is 1. The Morgan fingerprint density at radius 3 is 2.63 bits per heavy atom. The van der Waals surface area contributed by atoms with Crippen LogP contribution in [-0.2, 0) is 22.4 Å². The molecular formula is C31H29N3O4. The zero-order valence-electron chi connectivity index (χ0n) is 21.3. The first kappa shape index (κ1) is 22.9. The molecule has 0 spiro atoms. The summed E-state index contributed by atoms with van der Waals surface area (Å²) in [6.45, 7) is 2.37. The SMILES string of the molecule is CCCCc1ccc(N2CC(=O)N3[C@H](c4ccc5c(c4)OCO5)c4[nH]c5ccccc5c4C[C@@H]3C2=O)cc1. The van der Waals surface area contributed by atoms with Gasteiger partial charge in [0.2, 0.25) is 12.7 Å². The second kappa shape index (κ2) is 8.94. The molecule has 7 rings (SSSR count). The van der Waals surface area contributed by atoms with E-state index in [0.29, 0.717) is 17.9 Å². The van der Waals surface area contributed by atoms with Gasteiger partial charge >= 0.3 is 0 Å². The molecule has 3 aliphatic rings. The summed E-state index contributed by atoms with van der Waals surface area (Å²) in [5, 5.41) is 1.09. The van der Waals surface area contributed by atoms with Crippen LogP contribution >= 0.6 is 0 Å². The Labute approximate surface area is 221 Å². The lowest BCUT2D eigenvalue weighted by Gasteiger charge is -2.47. The van der Waals surface area contributed by atoms with Crippen LogP contribution in [0.4, 0.5) is 5.69 Å². The van der Waals surface area contributed by atoms with Crippen molar-refractivity contribution in [3.8, 4) is 11.5 Å². The number of fused-ring (bicyclic) bond motifs is 5. The monoisotopic (exact) mass is 507 g/mol. The molecule has 192 valence electrons. The van der Waals surface area contributed by atoms with Crippen molar-refractivity contribution in [2.45, 2.75) is 44.7 Å². The summed E-state index contributed by atoms with van der Waals surface area (Å²) >= 11 is 0. The number of aryl methyl sites for hydroxylation is 1. The minimum atomic E-state index is -0.599. The van der Waals surface area contributed by atoms with Crippen molar-refractivity contribution in [3.05, 3.63) is 89.1 Å². The Balaban J connectivity index is 1.31. The van der Waals surface area contributed by atoms with E-state index >= 15 is 0 Å². The molecule has 4 heterocycles. The quantitative estimate of drug-likeness (QED) is 0.407. The van der Waals surface area contributed by atoms with Crippen molar-refractivity contribution in [2.24, 2.45) is 0 Å². The van der Waals surface area contributed by atoms with Crippen LogP contribution in [0.5, 0.6) is 11.5 Å². The number of carbonyl (C=O) groups excluding carboxylic acids is 2. The van der Waals surface area contributed by atoms with Gasteiger partial charge in [0.25, 0.3) is 5.91 Å². The number of hydrogen-bond donors (Lipinski definition) is 1. The van der Waals surface area contributed by atoms with E-state index in [-0.39, 0.29) is 25.2 Å². The molecule has 3 aliphatic heterocycles. The van der Waals surface area contributed by atoms with Crippen LogP contribution in [0.25, 0.3) is 10.9 Å². The van der Waals surface area contributed by atoms with Gasteiger partial charge in [-0.3, -0.25) is 9.59 Å². The summed E-state index contributed by atoms with van der Waals surface area (Å²) in [5.74, 6) is 1.22. The van der Waals surface area contributed by atoms with Crippen molar-refractivity contribution in [3.63, 3.8) is 0 Å². The lowest BCUT2D eigenvalue weighted by molar-refractivity contribution is -0.145. The van der Waals surface area contributed by atoms with Gasteiger partial charge in [0, 0.05) is 28.7 Å². The van der Waals surface area contributed by atoms with Crippen LogP contribution < -0.4 is 14.4 Å². The maximum absolute atomic E-state index is 14.1. The lowest BCUT2D eigenvalue weighted by atomic mass is 9.86. The van der Waals surface area contributed by atoms with E-state index < -0.39 is 12.1 Å². The van der Waals surface area contributed by atoms with Crippen LogP contribution in [-0.4, -0.2) is 41.1 Å². The molecule has 3 aromatic carbocycles. The molecular weight excluding hydrogens is 478 g/mol. The van der Waals surface area contributed by atoms with Crippen molar-refractivity contribution >= 4 is 28.4 Å². The summed E-state index contributed by atoms with van der Waals surface area (Å²) < 4.78 is 11.2. The molecule has 1 aromatic heterocycles. The molecule has 1 fully saturated rings. The third-order valence-corrected chi connectivity index (χ3v) is 8.04. The number of aromatic amines is 1. The Kier molecular flexibility index (Phi) is 5.39. The summed E-state index contributed by atoms with van der Waals surface area (Å²) in [4.78, 5) is 35.0. The Bertz CT molecular complexity index is 1560. The summed E-state index contributed by atoms with van der Waals surface area (Å²) in [6, 6.07) is 21.0. The first-order valence-electron chi connectivity index (χ1n) is 13.3. The number of aromatic nitrogens is 1. The molecule has 0 radical (unpaired) electrons. The molecule has 1 saturated heterocycles. The largest absolute Gasteiger partial charge is 0.454 e. The van der Waals surface area contributed by atoms with Gasteiger partial charge in [-0.05, 0) is 59.9 Å². The highest BCUT2D eigenvalue weighted by Gasteiger charge is 2.48. The number of piperazine rings is 1. The van der Waals surface area contributed by atoms with Crippen molar-refractivity contribution in [1.82, 2.24) is 9.88 Å². The van der Waals surface area contributed by atoms with Crippen LogP contribution in [0.1, 0.15) is 48.2 Å². The maximum atomic E-state index is 14.1. The van der Waals surface area contributed by atoms with Crippen LogP contribution in [0.15, 0.2) is 66.7 Å². The minimum absolute atomic E-state index is 0.0141. The second-order valence-corrected chi connectivity index (χ2v) is 10.3. The number of nitrogens with one attached hydrogen (secondary N) is 1. The van der Waals surface area contributed by atoms with Gasteiger partial charge in [-0.25, -0.2) is 0 Å². The second-order valence-electron chi connectivity index (χ2n) is 10.3. The van der Waals surface area contributed by atoms with Gasteiger partial charge in [0.15, 0.2) is 11.5 Å². The molecule has 0 unspecified atom stereocenters. The van der Waals surface area contributed by atoms with E-state index in [2.05, 4.69) is 30.1 Å². The van der Waals surface area contributed by atoms with Gasteiger partial charge in [-0.15, -0.1) is 0 Å². The highest BCUT2D eigenvalue weighted by atomic mass is 16.7. The lowest BCUT2D eigenvalue weighted by Crippen LogP contribution is -2.63. The van der Waals surface area contributed by atoms with Crippen LogP contribution in [0, 0.1) is 0 Å². The number of carbonyl (C=O) groups is 2. The molecule has 2 atom stereocenters. The fourth-order valence-corrected chi connectivity index (χ4v) is 6.14. The number of unbranched alkanes of at least 4 members (excludes halogenated alkanes) is 1. The number of ether oxygens (including phenoxy) is 2. The number of amides is 2. The van der Waals surface area contributed by atoms with E-state index in [1.54, 1.807) is 9.80 Å². The normalized spacial score (nSPS) is 20.1. The van der Waals surface area contributed by atoms with Crippen molar-refractivity contribution < 1.29 is 19.1 Å². The fraction of sp³-hybridized carbons (Fsp3) is 0.290. The molecule has 0 bridgehead atoms. The van der Waals surface area contributed by atoms with Crippen molar-refractivity contribution in [2.75, 3.05) is 18.2 Å². The van der Waals surface area contributed by atoms with Gasteiger partial charge in [0.05, 0.1) is 6.04 Å². The molecule has 4 aromatic rings. The van der Waals surface area contributed by atoms with Gasteiger partial charge < -0.3 is 24.3 Å². The smallest absolute Gasteiger partial charge is 0.250 e. The molecule has 38 heavy (non-hydrogen) atoms. The predicted octanol–water partition coefficient (Wildman–Crippen LogP) is 5.13. The zero-order chi connectivity index (χ0) is 25.8. The molecule has 2 amide bonds. The Morgan fingerprint density at radius 1 is 0.974 bits per heavy atom. The Morgan fingerprint density at radius 2 is 1.79 bits per heavy atom. The number of H-pyrrole nitrogens is 1. The predicted molar refractivity (Wildman–Crippen MR) is 144 cm³/mol. The van der Waals surface area contributed by atoms with E-state index in [0.717, 1.165) is 52.7 Å². The van der Waals surface area contributed by atoms with Gasteiger partial charge in [0.1, 0.15) is 12.6 Å². The minimum Gasteiger partial charge on any atom is -0.454 e. The molecule has 7 heteroatoms. The molecule has 0 saturated carbocycles. The standard InChI is InChI=1S/C31H29N3O4/c1-2-3-6-19-9-12-21(13-10-19)33-17-28(35)34-25(31(33)36)16-23-22-7-4-5-8-24(22)32-29(23)30(34)20-11-14-26-27(15-20)38-18-37-26/h4-5,7-15,25,30,32H,2-3,6,16-18H2,1H3/t25-,30-/m1/s1. The summed E-state index contributed by atoms with van der Waals surface area (Å²) in [7, 11) is 0. The van der Waals surface area contributed by atoms with E-state index in [9.17, 15) is 9.59 Å². The number of anilines is 1. The van der Waals surface area contributed by atoms with Crippen molar-refractivity contribution in [1.29, 1.82) is 0 Å². The van der Waals surface area contributed by atoms with Crippen LogP contribution in [0.2, 0.25) is 0 Å². The third kappa shape index (κ3) is 3.56. The van der Waals surface area contributed by atoms with E-state index in [1.807, 2.05) is 48.5 Å². The molecule has 1 N–H and O–H groups in total. The Hall–Kier alpha value is -4.26.